The molecule has 0 saturated carbocycles. The summed E-state index contributed by atoms with van der Waals surface area (Å²) >= 11 is 0. The van der Waals surface area contributed by atoms with Crippen LogP contribution in [0.5, 0.6) is 5.75 Å². The normalized spacial score (nSPS) is 12.3. The maximum absolute atomic E-state index is 13.8. The van der Waals surface area contributed by atoms with Gasteiger partial charge in [0.25, 0.3) is 5.56 Å². The van der Waals surface area contributed by atoms with Crippen LogP contribution in [0.15, 0.2) is 59.4 Å². The lowest BCUT2D eigenvalue weighted by atomic mass is 9.93. The second-order valence-electron chi connectivity index (χ2n) is 6.97. The Bertz CT molecular complexity index is 1190. The zero-order valence-electron chi connectivity index (χ0n) is 17.4. The van der Waals surface area contributed by atoms with Gasteiger partial charge in [0.05, 0.1) is 18.7 Å². The van der Waals surface area contributed by atoms with Gasteiger partial charge in [0.15, 0.2) is 5.69 Å². The summed E-state index contributed by atoms with van der Waals surface area (Å²) < 4.78 is 47.4. The van der Waals surface area contributed by atoms with E-state index < -0.39 is 40.8 Å². The fourth-order valence-corrected chi connectivity index (χ4v) is 3.57. The number of methoxy groups -OCH3 is 1. The molecule has 0 radical (unpaired) electrons. The van der Waals surface area contributed by atoms with Gasteiger partial charge in [0.2, 0.25) is 11.7 Å². The zero-order chi connectivity index (χ0) is 23.6. The van der Waals surface area contributed by atoms with Crippen molar-refractivity contribution in [2.45, 2.75) is 12.2 Å². The van der Waals surface area contributed by atoms with Crippen molar-refractivity contribution in [3.63, 3.8) is 0 Å². The molecule has 10 heteroatoms. The van der Waals surface area contributed by atoms with Crippen LogP contribution in [-0.4, -0.2) is 34.8 Å². The quantitative estimate of drug-likeness (QED) is 0.620. The van der Waals surface area contributed by atoms with Gasteiger partial charge in [-0.25, -0.2) is 9.78 Å². The Balaban J connectivity index is 2.30. The summed E-state index contributed by atoms with van der Waals surface area (Å²) in [5.74, 6) is -2.11. The summed E-state index contributed by atoms with van der Waals surface area (Å²) in [4.78, 5) is 29.7. The Labute approximate surface area is 181 Å². The van der Waals surface area contributed by atoms with E-state index in [0.717, 1.165) is 17.7 Å². The molecule has 1 N–H and O–H groups in total. The second-order valence-corrected chi connectivity index (χ2v) is 6.97. The molecule has 3 rings (SSSR count). The average molecular weight is 447 g/mol. The Morgan fingerprint density at radius 1 is 1.12 bits per heavy atom. The van der Waals surface area contributed by atoms with Crippen molar-refractivity contribution in [3.05, 3.63) is 87.3 Å². The van der Waals surface area contributed by atoms with Crippen LogP contribution >= 0.6 is 0 Å². The number of carbonyl (C=O) groups is 1. The van der Waals surface area contributed by atoms with Crippen LogP contribution in [-0.2, 0) is 13.2 Å². The summed E-state index contributed by atoms with van der Waals surface area (Å²) in [5.41, 5.74) is -1.84. The first-order valence-electron chi connectivity index (χ1n) is 9.40. The maximum Gasteiger partial charge on any atom is 0.416 e. The third-order valence-electron chi connectivity index (χ3n) is 5.01. The minimum absolute atomic E-state index is 0.0735. The number of aromatic carboxylic acids is 1. The van der Waals surface area contributed by atoms with Crippen LogP contribution in [0, 0.1) is 0 Å². The number of carboxylic acids is 1. The number of aromatic nitrogens is 2. The summed E-state index contributed by atoms with van der Waals surface area (Å²) in [7, 11) is 3.93. The summed E-state index contributed by atoms with van der Waals surface area (Å²) in [6.45, 7) is 0. The largest absolute Gasteiger partial charge is 0.489 e. The lowest BCUT2D eigenvalue weighted by Gasteiger charge is -2.32. The Morgan fingerprint density at radius 2 is 1.72 bits per heavy atom. The molecule has 0 fully saturated rings. The minimum atomic E-state index is -4.63. The van der Waals surface area contributed by atoms with Crippen molar-refractivity contribution < 1.29 is 27.8 Å². The number of ether oxygens (including phenoxy) is 1. The fourth-order valence-electron chi connectivity index (χ4n) is 3.57. The SMILES string of the molecule is COc1c(C(=O)O)nc(N(C)C(c2ccccc2)c2ccccc2C(F)(F)F)n(C)c1=O. The first-order valence-corrected chi connectivity index (χ1v) is 9.40. The van der Waals surface area contributed by atoms with Crippen molar-refractivity contribution in [2.24, 2.45) is 7.05 Å². The molecule has 0 aliphatic carbocycles. The maximum atomic E-state index is 13.8. The minimum Gasteiger partial charge on any atom is -0.489 e. The van der Waals surface area contributed by atoms with Crippen LogP contribution in [0.4, 0.5) is 19.1 Å². The molecule has 0 aliphatic heterocycles. The number of hydrogen-bond acceptors (Lipinski definition) is 5. The van der Waals surface area contributed by atoms with E-state index >= 15 is 0 Å². The third kappa shape index (κ3) is 4.16. The van der Waals surface area contributed by atoms with Crippen LogP contribution < -0.4 is 15.2 Å². The molecule has 1 aromatic heterocycles. The molecule has 1 atom stereocenters. The van der Waals surface area contributed by atoms with Crippen LogP contribution in [0.25, 0.3) is 0 Å². The van der Waals surface area contributed by atoms with Gasteiger partial charge in [-0.15, -0.1) is 0 Å². The van der Waals surface area contributed by atoms with Gasteiger partial charge in [-0.2, -0.15) is 13.2 Å². The van der Waals surface area contributed by atoms with Gasteiger partial charge >= 0.3 is 12.1 Å². The number of alkyl halides is 3. The summed E-state index contributed by atoms with van der Waals surface area (Å²) in [5, 5.41) is 9.48. The van der Waals surface area contributed by atoms with Crippen molar-refractivity contribution >= 4 is 11.9 Å². The smallest absolute Gasteiger partial charge is 0.416 e. The van der Waals surface area contributed by atoms with Gasteiger partial charge in [0.1, 0.15) is 0 Å². The zero-order valence-corrected chi connectivity index (χ0v) is 17.4. The van der Waals surface area contributed by atoms with Crippen molar-refractivity contribution in [1.82, 2.24) is 9.55 Å². The van der Waals surface area contributed by atoms with E-state index in [1.807, 2.05) is 0 Å². The lowest BCUT2D eigenvalue weighted by molar-refractivity contribution is -0.138. The van der Waals surface area contributed by atoms with E-state index in [0.29, 0.717) is 5.56 Å². The van der Waals surface area contributed by atoms with E-state index in [1.54, 1.807) is 30.3 Å². The highest BCUT2D eigenvalue weighted by molar-refractivity contribution is 5.88. The number of carboxylic acid groups (broad SMARTS) is 1. The van der Waals surface area contributed by atoms with Gasteiger partial charge in [-0.1, -0.05) is 48.5 Å². The molecule has 3 aromatic rings. The Kier molecular flexibility index (Phi) is 6.24. The van der Waals surface area contributed by atoms with E-state index in [2.05, 4.69) is 4.98 Å². The average Bonchev–Trinajstić information content (AvgIpc) is 2.75. The Hall–Kier alpha value is -3.82. The fraction of sp³-hybridized carbons (Fsp3) is 0.227. The molecular formula is C22H20F3N3O4. The molecule has 7 nitrogen and oxygen atoms in total. The van der Waals surface area contributed by atoms with Crippen LogP contribution in [0.1, 0.15) is 33.2 Å². The molecule has 32 heavy (non-hydrogen) atoms. The molecule has 0 spiro atoms. The van der Waals surface area contributed by atoms with Gasteiger partial charge in [-0.3, -0.25) is 9.36 Å². The van der Waals surface area contributed by atoms with E-state index in [1.165, 1.54) is 37.2 Å². The van der Waals surface area contributed by atoms with Crippen LogP contribution in [0.3, 0.4) is 0 Å². The highest BCUT2D eigenvalue weighted by Crippen LogP contribution is 2.39. The molecule has 168 valence electrons. The number of anilines is 1. The standard InChI is InChI=1S/C22H20F3N3O4/c1-27(21-26-16(20(30)31)18(32-3)19(29)28(21)2)17(13-9-5-4-6-10-13)14-11-7-8-12-15(14)22(23,24)25/h4-12,17H,1-3H3,(H,30,31). The number of hydrogen-bond donors (Lipinski definition) is 1. The predicted molar refractivity (Wildman–Crippen MR) is 111 cm³/mol. The number of benzene rings is 2. The number of nitrogens with zero attached hydrogens (tertiary/aromatic N) is 3. The summed E-state index contributed by atoms with van der Waals surface area (Å²) in [6.07, 6.45) is -4.63. The van der Waals surface area contributed by atoms with Crippen LogP contribution in [0.2, 0.25) is 0 Å². The molecule has 1 unspecified atom stereocenters. The van der Waals surface area contributed by atoms with Gasteiger partial charge in [-0.05, 0) is 17.2 Å². The van der Waals surface area contributed by atoms with Crippen molar-refractivity contribution in [2.75, 3.05) is 19.1 Å². The highest BCUT2D eigenvalue weighted by Gasteiger charge is 2.37. The van der Waals surface area contributed by atoms with E-state index in [9.17, 15) is 27.9 Å². The third-order valence-corrected chi connectivity index (χ3v) is 5.01. The van der Waals surface area contributed by atoms with E-state index in [-0.39, 0.29) is 11.5 Å². The van der Waals surface area contributed by atoms with E-state index in [4.69, 9.17) is 4.74 Å². The predicted octanol–water partition coefficient (Wildman–Crippen LogP) is 3.73. The monoisotopic (exact) mass is 447 g/mol. The highest BCUT2D eigenvalue weighted by atomic mass is 19.4. The molecule has 0 amide bonds. The molecule has 1 heterocycles. The topological polar surface area (TPSA) is 84.7 Å². The van der Waals surface area contributed by atoms with Crippen molar-refractivity contribution in [3.8, 4) is 5.75 Å². The first-order chi connectivity index (χ1) is 15.1. The molecule has 0 bridgehead atoms. The molecule has 2 aromatic carbocycles. The second kappa shape index (κ2) is 8.74. The Morgan fingerprint density at radius 3 is 2.28 bits per heavy atom. The molecular weight excluding hydrogens is 427 g/mol. The molecule has 0 saturated heterocycles. The van der Waals surface area contributed by atoms with Gasteiger partial charge in [0, 0.05) is 14.1 Å². The van der Waals surface area contributed by atoms with Gasteiger partial charge < -0.3 is 14.7 Å². The lowest BCUT2D eigenvalue weighted by Crippen LogP contribution is -2.35. The first kappa shape index (κ1) is 22.9. The summed E-state index contributed by atoms with van der Waals surface area (Å²) in [6, 6.07) is 12.4. The number of rotatable bonds is 6. The molecule has 0 aliphatic rings. The number of halogens is 3. The van der Waals surface area contributed by atoms with Crippen molar-refractivity contribution in [1.29, 1.82) is 0 Å².